The van der Waals surface area contributed by atoms with E-state index in [0.29, 0.717) is 19.1 Å². The van der Waals surface area contributed by atoms with E-state index in [2.05, 4.69) is 19.9 Å². The van der Waals surface area contributed by atoms with Crippen molar-refractivity contribution in [2.45, 2.75) is 26.5 Å². The summed E-state index contributed by atoms with van der Waals surface area (Å²) < 4.78 is 11.1. The lowest BCUT2D eigenvalue weighted by atomic mass is 9.99. The van der Waals surface area contributed by atoms with Crippen LogP contribution in [0.1, 0.15) is 31.0 Å². The summed E-state index contributed by atoms with van der Waals surface area (Å²) in [7, 11) is 0. The molecule has 0 bridgehead atoms. The highest BCUT2D eigenvalue weighted by atomic mass is 16.5. The molecule has 1 aromatic carbocycles. The lowest BCUT2D eigenvalue weighted by Crippen LogP contribution is -2.23. The maximum absolute atomic E-state index is 5.95. The number of fused-ring (bicyclic) bond motifs is 1. The summed E-state index contributed by atoms with van der Waals surface area (Å²) >= 11 is 0. The van der Waals surface area contributed by atoms with Gasteiger partial charge in [0.1, 0.15) is 5.75 Å². The maximum atomic E-state index is 5.95. The quantitative estimate of drug-likeness (QED) is 0.851. The van der Waals surface area contributed by atoms with Crippen molar-refractivity contribution in [2.24, 2.45) is 11.7 Å². The van der Waals surface area contributed by atoms with E-state index < -0.39 is 0 Å². The number of benzene rings is 1. The first-order chi connectivity index (χ1) is 7.66. The van der Waals surface area contributed by atoms with Gasteiger partial charge in [0, 0.05) is 0 Å². The molecule has 3 nitrogen and oxygen atoms in total. The second-order valence-electron chi connectivity index (χ2n) is 4.69. The van der Waals surface area contributed by atoms with Crippen molar-refractivity contribution in [3.05, 3.63) is 29.3 Å². The second kappa shape index (κ2) is 4.85. The Morgan fingerprint density at radius 1 is 1.50 bits per heavy atom. The molecule has 0 saturated heterocycles. The largest absolute Gasteiger partial charge is 0.493 e. The van der Waals surface area contributed by atoms with Crippen molar-refractivity contribution in [2.75, 3.05) is 13.2 Å². The molecule has 0 radical (unpaired) electrons. The van der Waals surface area contributed by atoms with Crippen molar-refractivity contribution in [1.82, 2.24) is 0 Å². The SMILES string of the molecule is CC(C)COc1ccc2c(c1)COC[C@@H]2N. The van der Waals surface area contributed by atoms with Crippen molar-refractivity contribution in [1.29, 1.82) is 0 Å². The molecule has 16 heavy (non-hydrogen) atoms. The molecule has 88 valence electrons. The maximum Gasteiger partial charge on any atom is 0.119 e. The van der Waals surface area contributed by atoms with Gasteiger partial charge in [-0.05, 0) is 29.2 Å². The van der Waals surface area contributed by atoms with E-state index in [1.54, 1.807) is 0 Å². The fraction of sp³-hybridized carbons (Fsp3) is 0.538. The van der Waals surface area contributed by atoms with Crippen LogP contribution in [0, 0.1) is 5.92 Å². The monoisotopic (exact) mass is 221 g/mol. The van der Waals surface area contributed by atoms with Crippen molar-refractivity contribution < 1.29 is 9.47 Å². The van der Waals surface area contributed by atoms with Gasteiger partial charge in [-0.25, -0.2) is 0 Å². The summed E-state index contributed by atoms with van der Waals surface area (Å²) in [4.78, 5) is 0. The summed E-state index contributed by atoms with van der Waals surface area (Å²) in [6.45, 7) is 6.27. The molecule has 2 rings (SSSR count). The fourth-order valence-electron chi connectivity index (χ4n) is 1.81. The Bertz CT molecular complexity index is 363. The van der Waals surface area contributed by atoms with Crippen LogP contribution < -0.4 is 10.5 Å². The molecular formula is C13H19NO2. The van der Waals surface area contributed by atoms with Gasteiger partial charge in [-0.1, -0.05) is 19.9 Å². The van der Waals surface area contributed by atoms with Gasteiger partial charge < -0.3 is 15.2 Å². The molecule has 0 aromatic heterocycles. The topological polar surface area (TPSA) is 44.5 Å². The third-order valence-electron chi connectivity index (χ3n) is 2.65. The molecule has 1 atom stereocenters. The second-order valence-corrected chi connectivity index (χ2v) is 4.69. The van der Waals surface area contributed by atoms with Crippen LogP contribution in [0.5, 0.6) is 5.75 Å². The van der Waals surface area contributed by atoms with Crippen LogP contribution >= 0.6 is 0 Å². The number of hydrogen-bond donors (Lipinski definition) is 1. The molecule has 0 unspecified atom stereocenters. The molecule has 1 heterocycles. The highest BCUT2D eigenvalue weighted by Crippen LogP contribution is 2.26. The first-order valence-electron chi connectivity index (χ1n) is 5.75. The van der Waals surface area contributed by atoms with Crippen LogP contribution in [-0.2, 0) is 11.3 Å². The first kappa shape index (κ1) is 11.4. The predicted molar refractivity (Wildman–Crippen MR) is 63.4 cm³/mol. The zero-order valence-corrected chi connectivity index (χ0v) is 9.90. The Balaban J connectivity index is 2.12. The van der Waals surface area contributed by atoms with Crippen LogP contribution in [0.4, 0.5) is 0 Å². The highest BCUT2D eigenvalue weighted by Gasteiger charge is 2.17. The average Bonchev–Trinajstić information content (AvgIpc) is 2.26. The Labute approximate surface area is 96.5 Å². The molecule has 0 amide bonds. The molecule has 0 spiro atoms. The van der Waals surface area contributed by atoms with Gasteiger partial charge in [0.15, 0.2) is 0 Å². The van der Waals surface area contributed by atoms with E-state index >= 15 is 0 Å². The molecule has 1 aliphatic rings. The normalized spacial score (nSPS) is 19.6. The number of hydrogen-bond acceptors (Lipinski definition) is 3. The van der Waals surface area contributed by atoms with E-state index in [9.17, 15) is 0 Å². The van der Waals surface area contributed by atoms with Crippen molar-refractivity contribution in [3.8, 4) is 5.75 Å². The Morgan fingerprint density at radius 2 is 2.31 bits per heavy atom. The van der Waals surface area contributed by atoms with Gasteiger partial charge in [0.05, 0.1) is 25.9 Å². The lowest BCUT2D eigenvalue weighted by Gasteiger charge is -2.23. The molecule has 1 aliphatic heterocycles. The van der Waals surface area contributed by atoms with E-state index in [1.165, 1.54) is 5.56 Å². The van der Waals surface area contributed by atoms with Crippen LogP contribution in [0.3, 0.4) is 0 Å². The molecular weight excluding hydrogens is 202 g/mol. The smallest absolute Gasteiger partial charge is 0.119 e. The minimum absolute atomic E-state index is 0.00268. The van der Waals surface area contributed by atoms with Gasteiger partial charge in [0.2, 0.25) is 0 Å². The molecule has 0 fully saturated rings. The number of ether oxygens (including phenoxy) is 2. The zero-order chi connectivity index (χ0) is 11.5. The summed E-state index contributed by atoms with van der Waals surface area (Å²) in [5.74, 6) is 1.44. The highest BCUT2D eigenvalue weighted by molar-refractivity contribution is 5.38. The Kier molecular flexibility index (Phi) is 3.46. The van der Waals surface area contributed by atoms with Gasteiger partial charge in [-0.3, -0.25) is 0 Å². The Morgan fingerprint density at radius 3 is 3.06 bits per heavy atom. The van der Waals surface area contributed by atoms with E-state index in [-0.39, 0.29) is 6.04 Å². The molecule has 3 heteroatoms. The van der Waals surface area contributed by atoms with Gasteiger partial charge in [-0.15, -0.1) is 0 Å². The number of rotatable bonds is 3. The summed E-state index contributed by atoms with van der Waals surface area (Å²) in [5, 5.41) is 0. The third-order valence-corrected chi connectivity index (χ3v) is 2.65. The van der Waals surface area contributed by atoms with Crippen LogP contribution in [0.2, 0.25) is 0 Å². The standard InChI is InChI=1S/C13H19NO2/c1-9(2)6-16-11-3-4-12-10(5-11)7-15-8-13(12)14/h3-5,9,13H,6-8,14H2,1-2H3/t13-/m0/s1. The summed E-state index contributed by atoms with van der Waals surface area (Å²) in [5.41, 5.74) is 8.29. The van der Waals surface area contributed by atoms with Crippen molar-refractivity contribution >= 4 is 0 Å². The van der Waals surface area contributed by atoms with Crippen molar-refractivity contribution in [3.63, 3.8) is 0 Å². The third kappa shape index (κ3) is 2.54. The van der Waals surface area contributed by atoms with E-state index in [4.69, 9.17) is 15.2 Å². The predicted octanol–water partition coefficient (Wildman–Crippen LogP) is 2.25. The van der Waals surface area contributed by atoms with Gasteiger partial charge >= 0.3 is 0 Å². The molecule has 0 aliphatic carbocycles. The van der Waals surface area contributed by atoms with Gasteiger partial charge in [0.25, 0.3) is 0 Å². The average molecular weight is 221 g/mol. The van der Waals surface area contributed by atoms with E-state index in [1.807, 2.05) is 12.1 Å². The first-order valence-corrected chi connectivity index (χ1v) is 5.75. The zero-order valence-electron chi connectivity index (χ0n) is 9.90. The lowest BCUT2D eigenvalue weighted by molar-refractivity contribution is 0.0920. The molecule has 1 aromatic rings. The minimum Gasteiger partial charge on any atom is -0.493 e. The van der Waals surface area contributed by atoms with Crippen LogP contribution in [-0.4, -0.2) is 13.2 Å². The minimum atomic E-state index is 0.00268. The number of nitrogens with two attached hydrogens (primary N) is 1. The van der Waals surface area contributed by atoms with E-state index in [0.717, 1.165) is 17.9 Å². The van der Waals surface area contributed by atoms with Crippen LogP contribution in [0.15, 0.2) is 18.2 Å². The Hall–Kier alpha value is -1.06. The summed E-state index contributed by atoms with van der Waals surface area (Å²) in [6, 6.07) is 6.09. The fourth-order valence-corrected chi connectivity index (χ4v) is 1.81. The molecule has 2 N–H and O–H groups in total. The van der Waals surface area contributed by atoms with Crippen LogP contribution in [0.25, 0.3) is 0 Å². The summed E-state index contributed by atoms with van der Waals surface area (Å²) in [6.07, 6.45) is 0. The molecule has 0 saturated carbocycles. The van der Waals surface area contributed by atoms with Gasteiger partial charge in [-0.2, -0.15) is 0 Å².